The first-order valence-electron chi connectivity index (χ1n) is 8.20. The third-order valence-electron chi connectivity index (χ3n) is 4.16. The summed E-state index contributed by atoms with van der Waals surface area (Å²) < 4.78 is 0. The first kappa shape index (κ1) is 18.1. The van der Waals surface area contributed by atoms with Crippen molar-refractivity contribution in [3.63, 3.8) is 0 Å². The van der Waals surface area contributed by atoms with E-state index in [0.29, 0.717) is 6.54 Å². The fraction of sp³-hybridized carbons (Fsp3) is 0.400. The molecule has 128 valence electrons. The number of amides is 1. The molecule has 2 rings (SSSR count). The Kier molecular flexibility index (Phi) is 5.73. The Balaban J connectivity index is 2.25. The van der Waals surface area contributed by atoms with E-state index in [1.54, 1.807) is 4.90 Å². The molecule has 2 aromatic rings. The molecule has 4 nitrogen and oxygen atoms in total. The van der Waals surface area contributed by atoms with Gasteiger partial charge in [0.2, 0.25) is 5.91 Å². The van der Waals surface area contributed by atoms with Gasteiger partial charge in [-0.05, 0) is 63.7 Å². The quantitative estimate of drug-likeness (QED) is 0.846. The normalized spacial score (nSPS) is 12.3. The molecule has 0 aliphatic carbocycles. The minimum Gasteiger partial charge on any atom is -0.338 e. The lowest BCUT2D eigenvalue weighted by molar-refractivity contribution is -0.135. The third kappa shape index (κ3) is 4.20. The van der Waals surface area contributed by atoms with Crippen LogP contribution in [0.25, 0.3) is 0 Å². The summed E-state index contributed by atoms with van der Waals surface area (Å²) in [5, 5.41) is 0. The molecule has 4 heteroatoms. The van der Waals surface area contributed by atoms with E-state index in [9.17, 15) is 4.79 Å². The molecule has 1 amide bonds. The zero-order valence-electron chi connectivity index (χ0n) is 15.5. The molecular weight excluding hydrogens is 298 g/mol. The number of rotatable bonds is 5. The summed E-state index contributed by atoms with van der Waals surface area (Å²) in [5.74, 6) is 0.0789. The van der Waals surface area contributed by atoms with Crippen molar-refractivity contribution in [3.05, 3.63) is 64.5 Å². The van der Waals surface area contributed by atoms with Gasteiger partial charge in [-0.25, -0.2) is 0 Å². The van der Waals surface area contributed by atoms with Crippen molar-refractivity contribution in [2.24, 2.45) is 0 Å². The molecule has 0 saturated heterocycles. The van der Waals surface area contributed by atoms with Crippen LogP contribution in [0.1, 0.15) is 34.1 Å². The second kappa shape index (κ2) is 7.58. The minimum atomic E-state index is -0.290. The topological polar surface area (TPSA) is 36.4 Å². The SMILES string of the molecule is Cc1cc(C)nc(CN(C)C(=O)C(c2ccccc2C)N(C)C)c1. The monoisotopic (exact) mass is 325 g/mol. The molecule has 24 heavy (non-hydrogen) atoms. The number of pyridine rings is 1. The maximum absolute atomic E-state index is 13.1. The van der Waals surface area contributed by atoms with Gasteiger partial charge in [0.25, 0.3) is 0 Å². The van der Waals surface area contributed by atoms with Crippen molar-refractivity contribution >= 4 is 5.91 Å². The molecule has 0 N–H and O–H groups in total. The fourth-order valence-corrected chi connectivity index (χ4v) is 3.06. The van der Waals surface area contributed by atoms with E-state index in [1.807, 2.05) is 76.3 Å². The average Bonchev–Trinajstić information content (AvgIpc) is 2.47. The molecular formula is C20H27N3O. The van der Waals surface area contributed by atoms with Gasteiger partial charge in [-0.1, -0.05) is 24.3 Å². The van der Waals surface area contributed by atoms with Gasteiger partial charge >= 0.3 is 0 Å². The summed E-state index contributed by atoms with van der Waals surface area (Å²) in [6, 6.07) is 11.8. The summed E-state index contributed by atoms with van der Waals surface area (Å²) in [4.78, 5) is 21.3. The van der Waals surface area contributed by atoms with Crippen molar-refractivity contribution in [2.75, 3.05) is 21.1 Å². The molecule has 0 spiro atoms. The Bertz CT molecular complexity index is 704. The van der Waals surface area contributed by atoms with Crippen LogP contribution < -0.4 is 0 Å². The second-order valence-corrected chi connectivity index (χ2v) is 6.69. The molecule has 0 radical (unpaired) electrons. The number of nitrogens with zero attached hydrogens (tertiary/aromatic N) is 3. The van der Waals surface area contributed by atoms with Crippen molar-refractivity contribution in [2.45, 2.75) is 33.4 Å². The molecule has 0 aliphatic heterocycles. The smallest absolute Gasteiger partial charge is 0.244 e. The molecule has 0 fully saturated rings. The van der Waals surface area contributed by atoms with Gasteiger partial charge in [-0.2, -0.15) is 0 Å². The molecule has 1 unspecified atom stereocenters. The number of likely N-dealkylation sites (N-methyl/N-ethyl adjacent to an activating group) is 2. The maximum Gasteiger partial charge on any atom is 0.244 e. The Morgan fingerprint density at radius 3 is 2.33 bits per heavy atom. The van der Waals surface area contributed by atoms with Crippen LogP contribution in [0.15, 0.2) is 36.4 Å². The van der Waals surface area contributed by atoms with Crippen LogP contribution in [-0.4, -0.2) is 41.8 Å². The minimum absolute atomic E-state index is 0.0789. The van der Waals surface area contributed by atoms with E-state index in [4.69, 9.17) is 0 Å². The Morgan fingerprint density at radius 2 is 1.75 bits per heavy atom. The lowest BCUT2D eigenvalue weighted by atomic mass is 9.99. The lowest BCUT2D eigenvalue weighted by Gasteiger charge is -2.29. The number of carbonyl (C=O) groups excluding carboxylic acids is 1. The summed E-state index contributed by atoms with van der Waals surface area (Å²) in [5.41, 5.74) is 5.25. The van der Waals surface area contributed by atoms with Crippen molar-refractivity contribution in [3.8, 4) is 0 Å². The highest BCUT2D eigenvalue weighted by atomic mass is 16.2. The van der Waals surface area contributed by atoms with Crippen molar-refractivity contribution in [1.29, 1.82) is 0 Å². The van der Waals surface area contributed by atoms with Crippen LogP contribution in [0.5, 0.6) is 0 Å². The average molecular weight is 325 g/mol. The van der Waals surface area contributed by atoms with Crippen molar-refractivity contribution < 1.29 is 4.79 Å². The van der Waals surface area contributed by atoms with Gasteiger partial charge in [-0.3, -0.25) is 14.7 Å². The lowest BCUT2D eigenvalue weighted by Crippen LogP contribution is -2.38. The third-order valence-corrected chi connectivity index (χ3v) is 4.16. The van der Waals surface area contributed by atoms with E-state index in [2.05, 4.69) is 11.9 Å². The standard InChI is InChI=1S/C20H27N3O/c1-14-11-16(3)21-17(12-14)13-23(6)20(24)19(22(4)5)18-10-8-7-9-15(18)2/h7-12,19H,13H2,1-6H3. The van der Waals surface area contributed by atoms with Crippen LogP contribution in [-0.2, 0) is 11.3 Å². The number of hydrogen-bond donors (Lipinski definition) is 0. The largest absolute Gasteiger partial charge is 0.338 e. The van der Waals surface area contributed by atoms with Gasteiger partial charge in [0.05, 0.1) is 12.2 Å². The van der Waals surface area contributed by atoms with Crippen LogP contribution in [0.4, 0.5) is 0 Å². The zero-order chi connectivity index (χ0) is 17.9. The number of hydrogen-bond acceptors (Lipinski definition) is 3. The summed E-state index contributed by atoms with van der Waals surface area (Å²) in [7, 11) is 5.73. The van der Waals surface area contributed by atoms with Crippen LogP contribution in [0, 0.1) is 20.8 Å². The van der Waals surface area contributed by atoms with Gasteiger partial charge in [-0.15, -0.1) is 0 Å². The predicted octanol–water partition coefficient (Wildman–Crippen LogP) is 3.27. The molecule has 1 atom stereocenters. The Hall–Kier alpha value is -2.20. The van der Waals surface area contributed by atoms with Crippen LogP contribution >= 0.6 is 0 Å². The Morgan fingerprint density at radius 1 is 1.08 bits per heavy atom. The highest BCUT2D eigenvalue weighted by Crippen LogP contribution is 2.24. The van der Waals surface area contributed by atoms with Gasteiger partial charge in [0, 0.05) is 12.7 Å². The zero-order valence-corrected chi connectivity index (χ0v) is 15.5. The van der Waals surface area contributed by atoms with E-state index in [-0.39, 0.29) is 11.9 Å². The molecule has 1 aromatic carbocycles. The number of aromatic nitrogens is 1. The van der Waals surface area contributed by atoms with Gasteiger partial charge in [0.15, 0.2) is 0 Å². The van der Waals surface area contributed by atoms with E-state index < -0.39 is 0 Å². The van der Waals surface area contributed by atoms with Crippen molar-refractivity contribution in [1.82, 2.24) is 14.8 Å². The predicted molar refractivity (Wildman–Crippen MR) is 97.8 cm³/mol. The molecule has 0 bridgehead atoms. The van der Waals surface area contributed by atoms with Gasteiger partial charge < -0.3 is 4.90 Å². The van der Waals surface area contributed by atoms with E-state index >= 15 is 0 Å². The Labute approximate surface area is 145 Å². The first-order chi connectivity index (χ1) is 11.3. The number of aryl methyl sites for hydroxylation is 3. The summed E-state index contributed by atoms with van der Waals surface area (Å²) in [6.07, 6.45) is 0. The molecule has 0 aliphatic rings. The molecule has 1 heterocycles. The van der Waals surface area contributed by atoms with E-state index in [1.165, 1.54) is 5.56 Å². The first-order valence-corrected chi connectivity index (χ1v) is 8.20. The summed E-state index contributed by atoms with van der Waals surface area (Å²) >= 11 is 0. The van der Waals surface area contributed by atoms with Crippen LogP contribution in [0.2, 0.25) is 0 Å². The number of carbonyl (C=O) groups is 1. The summed E-state index contributed by atoms with van der Waals surface area (Å²) in [6.45, 7) is 6.59. The maximum atomic E-state index is 13.1. The van der Waals surface area contributed by atoms with Gasteiger partial charge in [0.1, 0.15) is 6.04 Å². The fourth-order valence-electron chi connectivity index (χ4n) is 3.06. The molecule has 0 saturated carbocycles. The van der Waals surface area contributed by atoms with E-state index in [0.717, 1.165) is 22.5 Å². The highest BCUT2D eigenvalue weighted by molar-refractivity contribution is 5.83. The highest BCUT2D eigenvalue weighted by Gasteiger charge is 2.27. The molecule has 1 aromatic heterocycles. The second-order valence-electron chi connectivity index (χ2n) is 6.69. The number of benzene rings is 1. The van der Waals surface area contributed by atoms with Crippen LogP contribution in [0.3, 0.4) is 0 Å².